The van der Waals surface area contributed by atoms with E-state index in [9.17, 15) is 0 Å². The van der Waals surface area contributed by atoms with Crippen LogP contribution in [-0.2, 0) is 0 Å². The first-order valence-electron chi connectivity index (χ1n) is 3.64. The van der Waals surface area contributed by atoms with E-state index in [1.54, 1.807) is 18.4 Å². The third-order valence-corrected chi connectivity index (χ3v) is 3.95. The number of rotatable bonds is 2. The van der Waals surface area contributed by atoms with Gasteiger partial charge in [-0.25, -0.2) is 0 Å². The molecule has 2 rings (SSSR count). The summed E-state index contributed by atoms with van der Waals surface area (Å²) in [6.07, 6.45) is 2.71. The molecule has 0 atom stereocenters. The minimum Gasteiger partial charge on any atom is -0.486 e. The molecule has 1 heterocycles. The van der Waals surface area contributed by atoms with Gasteiger partial charge in [0, 0.05) is 4.88 Å². The first-order valence-corrected chi connectivity index (χ1v) is 5.25. The first kappa shape index (κ1) is 7.62. The molecule has 1 aliphatic carbocycles. The molecule has 0 aromatic carbocycles. The van der Waals surface area contributed by atoms with Gasteiger partial charge in [-0.3, -0.25) is 0 Å². The summed E-state index contributed by atoms with van der Waals surface area (Å²) in [5.41, 5.74) is 0. The van der Waals surface area contributed by atoms with E-state index in [0.717, 1.165) is 15.5 Å². The molecule has 1 aromatic rings. The molecule has 0 unspecified atom stereocenters. The van der Waals surface area contributed by atoms with Crippen LogP contribution in [0.4, 0.5) is 0 Å². The molecular weight excluding hydrogens is 224 g/mol. The zero-order valence-corrected chi connectivity index (χ0v) is 8.67. The lowest BCUT2D eigenvalue weighted by atomic mass is 10.3. The standard InChI is InChI=1S/C8H9BrOS/c1-10-8-6(9)4-7(11-8)5-2-3-5/h4-5H,2-3H2,1H3. The molecule has 0 amide bonds. The topological polar surface area (TPSA) is 9.23 Å². The Bertz CT molecular complexity index is 265. The van der Waals surface area contributed by atoms with Crippen LogP contribution in [0.2, 0.25) is 0 Å². The Morgan fingerprint density at radius 2 is 2.36 bits per heavy atom. The fraction of sp³-hybridized carbons (Fsp3) is 0.500. The van der Waals surface area contributed by atoms with E-state index < -0.39 is 0 Å². The maximum absolute atomic E-state index is 5.18. The zero-order chi connectivity index (χ0) is 7.84. The van der Waals surface area contributed by atoms with Crippen LogP contribution in [-0.4, -0.2) is 7.11 Å². The maximum Gasteiger partial charge on any atom is 0.188 e. The highest BCUT2D eigenvalue weighted by Crippen LogP contribution is 2.47. The van der Waals surface area contributed by atoms with Crippen molar-refractivity contribution in [1.29, 1.82) is 0 Å². The smallest absolute Gasteiger partial charge is 0.188 e. The molecule has 3 heteroatoms. The Kier molecular flexibility index (Phi) is 1.93. The number of methoxy groups -OCH3 is 1. The van der Waals surface area contributed by atoms with Gasteiger partial charge in [-0.05, 0) is 40.8 Å². The van der Waals surface area contributed by atoms with Crippen molar-refractivity contribution in [2.24, 2.45) is 0 Å². The summed E-state index contributed by atoms with van der Waals surface area (Å²) in [4.78, 5) is 1.47. The van der Waals surface area contributed by atoms with Gasteiger partial charge in [-0.1, -0.05) is 0 Å². The minimum absolute atomic E-state index is 0.834. The van der Waals surface area contributed by atoms with Crippen molar-refractivity contribution < 1.29 is 4.74 Å². The van der Waals surface area contributed by atoms with Crippen LogP contribution >= 0.6 is 27.3 Å². The quantitative estimate of drug-likeness (QED) is 0.760. The van der Waals surface area contributed by atoms with Crippen LogP contribution in [0.3, 0.4) is 0 Å². The van der Waals surface area contributed by atoms with Gasteiger partial charge in [0.25, 0.3) is 0 Å². The third-order valence-electron chi connectivity index (χ3n) is 1.84. The largest absolute Gasteiger partial charge is 0.486 e. The van der Waals surface area contributed by atoms with Crippen molar-refractivity contribution in [2.45, 2.75) is 18.8 Å². The molecule has 0 radical (unpaired) electrons. The lowest BCUT2D eigenvalue weighted by molar-refractivity contribution is 0.425. The highest BCUT2D eigenvalue weighted by molar-refractivity contribution is 9.10. The van der Waals surface area contributed by atoms with Crippen LogP contribution in [0.25, 0.3) is 0 Å². The van der Waals surface area contributed by atoms with Crippen LogP contribution in [0, 0.1) is 0 Å². The van der Waals surface area contributed by atoms with Gasteiger partial charge in [0.15, 0.2) is 5.06 Å². The summed E-state index contributed by atoms with van der Waals surface area (Å²) in [5.74, 6) is 0.834. The van der Waals surface area contributed by atoms with Gasteiger partial charge >= 0.3 is 0 Å². The van der Waals surface area contributed by atoms with E-state index in [0.29, 0.717) is 0 Å². The van der Waals surface area contributed by atoms with Crippen LogP contribution < -0.4 is 4.74 Å². The van der Waals surface area contributed by atoms with Gasteiger partial charge in [0.05, 0.1) is 11.6 Å². The van der Waals surface area contributed by atoms with Crippen molar-refractivity contribution in [1.82, 2.24) is 0 Å². The molecule has 1 aliphatic rings. The van der Waals surface area contributed by atoms with Crippen molar-refractivity contribution in [3.8, 4) is 5.06 Å². The van der Waals surface area contributed by atoms with E-state index in [-0.39, 0.29) is 0 Å². The summed E-state index contributed by atoms with van der Waals surface area (Å²) >= 11 is 5.22. The van der Waals surface area contributed by atoms with Crippen molar-refractivity contribution in [3.05, 3.63) is 15.4 Å². The molecule has 1 nitrogen and oxygen atoms in total. The minimum atomic E-state index is 0.834. The second-order valence-corrected chi connectivity index (χ2v) is 4.66. The lowest BCUT2D eigenvalue weighted by Crippen LogP contribution is -1.75. The predicted octanol–water partition coefficient (Wildman–Crippen LogP) is 3.40. The number of ether oxygens (including phenoxy) is 1. The van der Waals surface area contributed by atoms with E-state index in [2.05, 4.69) is 22.0 Å². The highest BCUT2D eigenvalue weighted by atomic mass is 79.9. The van der Waals surface area contributed by atoms with Crippen molar-refractivity contribution >= 4 is 27.3 Å². The molecule has 11 heavy (non-hydrogen) atoms. The molecule has 1 saturated carbocycles. The molecule has 1 fully saturated rings. The Morgan fingerprint density at radius 3 is 2.82 bits per heavy atom. The van der Waals surface area contributed by atoms with Gasteiger partial charge in [-0.2, -0.15) is 0 Å². The number of hydrogen-bond donors (Lipinski definition) is 0. The zero-order valence-electron chi connectivity index (χ0n) is 6.26. The van der Waals surface area contributed by atoms with Gasteiger partial charge in [0.1, 0.15) is 0 Å². The van der Waals surface area contributed by atoms with Gasteiger partial charge < -0.3 is 4.74 Å². The molecule has 0 saturated heterocycles. The van der Waals surface area contributed by atoms with Gasteiger partial charge in [-0.15, -0.1) is 11.3 Å². The van der Waals surface area contributed by atoms with Crippen molar-refractivity contribution in [3.63, 3.8) is 0 Å². The average Bonchev–Trinajstić information content (AvgIpc) is 2.76. The summed E-state index contributed by atoms with van der Waals surface area (Å²) in [5, 5.41) is 1.01. The van der Waals surface area contributed by atoms with Crippen LogP contribution in [0.5, 0.6) is 5.06 Å². The third kappa shape index (κ3) is 1.44. The monoisotopic (exact) mass is 232 g/mol. The van der Waals surface area contributed by atoms with E-state index in [4.69, 9.17) is 4.74 Å². The normalized spacial score (nSPS) is 16.9. The van der Waals surface area contributed by atoms with E-state index in [1.165, 1.54) is 17.7 Å². The van der Waals surface area contributed by atoms with E-state index in [1.807, 2.05) is 0 Å². The highest BCUT2D eigenvalue weighted by Gasteiger charge is 2.26. The summed E-state index contributed by atoms with van der Waals surface area (Å²) in [6.45, 7) is 0. The maximum atomic E-state index is 5.18. The Balaban J connectivity index is 2.28. The number of thiophene rings is 1. The second-order valence-electron chi connectivity index (χ2n) is 2.76. The van der Waals surface area contributed by atoms with Crippen LogP contribution in [0.1, 0.15) is 23.6 Å². The van der Waals surface area contributed by atoms with Crippen LogP contribution in [0.15, 0.2) is 10.5 Å². The second kappa shape index (κ2) is 2.79. The summed E-state index contributed by atoms with van der Waals surface area (Å²) < 4.78 is 6.28. The van der Waals surface area contributed by atoms with E-state index >= 15 is 0 Å². The fourth-order valence-electron chi connectivity index (χ4n) is 1.08. The molecule has 1 aromatic heterocycles. The van der Waals surface area contributed by atoms with Crippen molar-refractivity contribution in [2.75, 3.05) is 7.11 Å². The Labute approximate surface area is 78.5 Å². The lowest BCUT2D eigenvalue weighted by Gasteiger charge is -1.91. The summed E-state index contributed by atoms with van der Waals surface area (Å²) in [6, 6.07) is 2.18. The number of halogens is 1. The summed E-state index contributed by atoms with van der Waals surface area (Å²) in [7, 11) is 1.72. The molecule has 0 N–H and O–H groups in total. The molecular formula is C8H9BrOS. The number of hydrogen-bond acceptors (Lipinski definition) is 2. The Hall–Kier alpha value is -0.0200. The van der Waals surface area contributed by atoms with Gasteiger partial charge in [0.2, 0.25) is 0 Å². The molecule has 0 bridgehead atoms. The molecule has 0 spiro atoms. The fourth-order valence-corrected chi connectivity index (χ4v) is 2.91. The SMILES string of the molecule is COc1sc(C2CC2)cc1Br. The first-order chi connectivity index (χ1) is 5.31. The molecule has 60 valence electrons. The average molecular weight is 233 g/mol. The Morgan fingerprint density at radius 1 is 1.64 bits per heavy atom. The predicted molar refractivity (Wildman–Crippen MR) is 50.5 cm³/mol. The molecule has 0 aliphatic heterocycles.